The number of hydrogen-bond donors (Lipinski definition) is 0. The summed E-state index contributed by atoms with van der Waals surface area (Å²) >= 11 is 6.14. The third-order valence-corrected chi connectivity index (χ3v) is 9.08. The van der Waals surface area contributed by atoms with Gasteiger partial charge in [-0.15, -0.1) is 0 Å². The second-order valence-corrected chi connectivity index (χ2v) is 12.3. The van der Waals surface area contributed by atoms with E-state index in [0.717, 1.165) is 80.5 Å². The molecule has 2 fully saturated rings. The van der Waals surface area contributed by atoms with E-state index in [9.17, 15) is 4.79 Å². The minimum atomic E-state index is 0.0397. The first kappa shape index (κ1) is 28.0. The summed E-state index contributed by atoms with van der Waals surface area (Å²) in [7, 11) is 0. The van der Waals surface area contributed by atoms with Crippen molar-refractivity contribution in [1.82, 2.24) is 24.3 Å². The van der Waals surface area contributed by atoms with Crippen LogP contribution in [-0.4, -0.2) is 68.4 Å². The Kier molecular flexibility index (Phi) is 8.42. The van der Waals surface area contributed by atoms with Gasteiger partial charge in [-0.05, 0) is 68.6 Å². The molecule has 7 heteroatoms. The molecule has 0 unspecified atom stereocenters. The summed E-state index contributed by atoms with van der Waals surface area (Å²) < 4.78 is 2.32. The van der Waals surface area contributed by atoms with Crippen LogP contribution in [0.1, 0.15) is 43.6 Å². The van der Waals surface area contributed by atoms with Gasteiger partial charge >= 0.3 is 0 Å². The number of amides is 1. The highest BCUT2D eigenvalue weighted by atomic mass is 35.5. The minimum absolute atomic E-state index is 0.0397. The Labute approximate surface area is 248 Å². The molecule has 0 spiro atoms. The number of imidazole rings is 1. The van der Waals surface area contributed by atoms with E-state index in [0.29, 0.717) is 18.0 Å². The molecule has 0 bridgehead atoms. The standard InChI is InChI=1S/C34H40ClN5O/c1-25-19-38(20-26(2)39(25)21-27-9-4-3-5-10-27)34(41)29-11-8-18-37(23-29)24-33-36-31-12-6-7-13-32(31)40(33)22-28-14-16-30(35)17-15-28/h3-7,9-10,12-17,25-26,29H,8,11,18-24H2,1-2H3/t25-,26+,29-/m0/s1. The third kappa shape index (κ3) is 6.35. The fourth-order valence-corrected chi connectivity index (χ4v) is 6.82. The van der Waals surface area contributed by atoms with Crippen molar-refractivity contribution < 1.29 is 4.79 Å². The maximum Gasteiger partial charge on any atom is 0.227 e. The van der Waals surface area contributed by atoms with Gasteiger partial charge in [0.2, 0.25) is 5.91 Å². The van der Waals surface area contributed by atoms with Gasteiger partial charge in [-0.1, -0.05) is 66.2 Å². The lowest BCUT2D eigenvalue weighted by atomic mass is 9.95. The molecule has 0 aliphatic carbocycles. The van der Waals surface area contributed by atoms with Gasteiger partial charge in [0.25, 0.3) is 0 Å². The van der Waals surface area contributed by atoms with Gasteiger partial charge < -0.3 is 9.47 Å². The SMILES string of the molecule is C[C@@H]1CN(C(=O)[C@H]2CCCN(Cc3nc4ccccc4n3Cc3ccc(Cl)cc3)C2)C[C@H](C)N1Cc1ccccc1. The molecule has 1 aromatic heterocycles. The van der Waals surface area contributed by atoms with E-state index >= 15 is 0 Å². The molecule has 3 atom stereocenters. The van der Waals surface area contributed by atoms with Crippen molar-refractivity contribution in [3.8, 4) is 0 Å². The van der Waals surface area contributed by atoms with Crippen LogP contribution in [0.3, 0.4) is 0 Å². The molecule has 0 saturated carbocycles. The number of likely N-dealkylation sites (tertiary alicyclic amines) is 1. The number of piperazine rings is 1. The quantitative estimate of drug-likeness (QED) is 0.271. The van der Waals surface area contributed by atoms with E-state index in [-0.39, 0.29) is 5.92 Å². The van der Waals surface area contributed by atoms with Crippen LogP contribution in [0.25, 0.3) is 11.0 Å². The molecule has 41 heavy (non-hydrogen) atoms. The molecule has 6 rings (SSSR count). The van der Waals surface area contributed by atoms with Gasteiger partial charge in [0, 0.05) is 49.8 Å². The second-order valence-electron chi connectivity index (χ2n) is 11.9. The molecule has 3 aromatic carbocycles. The molecule has 2 aliphatic rings. The molecule has 0 N–H and O–H groups in total. The Morgan fingerprint density at radius 2 is 1.51 bits per heavy atom. The average molecular weight is 570 g/mol. The summed E-state index contributed by atoms with van der Waals surface area (Å²) in [4.78, 5) is 26.0. The Morgan fingerprint density at radius 3 is 2.27 bits per heavy atom. The monoisotopic (exact) mass is 569 g/mol. The highest BCUT2D eigenvalue weighted by Gasteiger charge is 2.36. The molecule has 2 saturated heterocycles. The number of nitrogens with zero attached hydrogens (tertiary/aromatic N) is 5. The molecule has 4 aromatic rings. The van der Waals surface area contributed by atoms with E-state index in [1.165, 1.54) is 11.1 Å². The fraction of sp³-hybridized carbons (Fsp3) is 0.412. The summed E-state index contributed by atoms with van der Waals surface area (Å²) in [5.41, 5.74) is 4.67. The molecule has 0 radical (unpaired) electrons. The van der Waals surface area contributed by atoms with Gasteiger partial charge in [-0.3, -0.25) is 14.6 Å². The maximum absolute atomic E-state index is 13.8. The smallest absolute Gasteiger partial charge is 0.227 e. The first-order chi connectivity index (χ1) is 19.9. The Morgan fingerprint density at radius 1 is 0.829 bits per heavy atom. The van der Waals surface area contributed by atoms with Crippen LogP contribution in [0.15, 0.2) is 78.9 Å². The summed E-state index contributed by atoms with van der Waals surface area (Å²) in [6, 6.07) is 27.7. The largest absolute Gasteiger partial charge is 0.339 e. The van der Waals surface area contributed by atoms with Crippen LogP contribution in [0, 0.1) is 5.92 Å². The van der Waals surface area contributed by atoms with Gasteiger partial charge in [-0.2, -0.15) is 0 Å². The van der Waals surface area contributed by atoms with E-state index in [1.54, 1.807) is 0 Å². The van der Waals surface area contributed by atoms with Crippen molar-refractivity contribution in [2.24, 2.45) is 5.92 Å². The predicted octanol–water partition coefficient (Wildman–Crippen LogP) is 6.07. The van der Waals surface area contributed by atoms with Gasteiger partial charge in [-0.25, -0.2) is 4.98 Å². The molecular weight excluding hydrogens is 530 g/mol. The summed E-state index contributed by atoms with van der Waals surface area (Å²) in [6.45, 7) is 10.3. The molecule has 2 aliphatic heterocycles. The molecule has 3 heterocycles. The van der Waals surface area contributed by atoms with Crippen molar-refractivity contribution in [3.05, 3.63) is 101 Å². The van der Waals surface area contributed by atoms with E-state index in [2.05, 4.69) is 93.8 Å². The van der Waals surface area contributed by atoms with Crippen LogP contribution < -0.4 is 0 Å². The molecule has 214 valence electrons. The van der Waals surface area contributed by atoms with Crippen LogP contribution in [-0.2, 0) is 24.4 Å². The highest BCUT2D eigenvalue weighted by Crippen LogP contribution is 2.26. The minimum Gasteiger partial charge on any atom is -0.339 e. The van der Waals surface area contributed by atoms with E-state index in [1.807, 2.05) is 18.2 Å². The molecule has 1 amide bonds. The van der Waals surface area contributed by atoms with Crippen molar-refractivity contribution in [2.45, 2.75) is 58.4 Å². The van der Waals surface area contributed by atoms with Crippen molar-refractivity contribution in [3.63, 3.8) is 0 Å². The Bertz CT molecular complexity index is 1460. The fourth-order valence-electron chi connectivity index (χ4n) is 6.70. The second kappa shape index (κ2) is 12.4. The number of aromatic nitrogens is 2. The van der Waals surface area contributed by atoms with Crippen LogP contribution in [0.5, 0.6) is 0 Å². The number of hydrogen-bond acceptors (Lipinski definition) is 4. The number of piperidine rings is 1. The Hall–Kier alpha value is -3.19. The first-order valence-corrected chi connectivity index (χ1v) is 15.3. The summed E-state index contributed by atoms with van der Waals surface area (Å²) in [5, 5.41) is 0.745. The lowest BCUT2D eigenvalue weighted by Crippen LogP contribution is -2.59. The topological polar surface area (TPSA) is 44.6 Å². The zero-order chi connectivity index (χ0) is 28.3. The highest BCUT2D eigenvalue weighted by molar-refractivity contribution is 6.30. The van der Waals surface area contributed by atoms with Crippen molar-refractivity contribution >= 4 is 28.5 Å². The summed E-state index contributed by atoms with van der Waals surface area (Å²) in [6.07, 6.45) is 2.00. The number of rotatable bonds is 7. The number of para-hydroxylation sites is 2. The number of carbonyl (C=O) groups excluding carboxylic acids is 1. The van der Waals surface area contributed by atoms with Crippen molar-refractivity contribution in [1.29, 1.82) is 0 Å². The average Bonchev–Trinajstić information content (AvgIpc) is 3.32. The maximum atomic E-state index is 13.8. The Balaban J connectivity index is 1.13. The first-order valence-electron chi connectivity index (χ1n) is 14.9. The predicted molar refractivity (Wildman–Crippen MR) is 166 cm³/mol. The zero-order valence-corrected chi connectivity index (χ0v) is 24.9. The van der Waals surface area contributed by atoms with Crippen LogP contribution >= 0.6 is 11.6 Å². The number of carbonyl (C=O) groups is 1. The van der Waals surface area contributed by atoms with Gasteiger partial charge in [0.05, 0.1) is 23.5 Å². The number of fused-ring (bicyclic) bond motifs is 1. The van der Waals surface area contributed by atoms with Crippen LogP contribution in [0.2, 0.25) is 5.02 Å². The van der Waals surface area contributed by atoms with E-state index < -0.39 is 0 Å². The third-order valence-electron chi connectivity index (χ3n) is 8.83. The normalized spacial score (nSPS) is 22.3. The van der Waals surface area contributed by atoms with Crippen LogP contribution in [0.4, 0.5) is 0 Å². The van der Waals surface area contributed by atoms with Crippen molar-refractivity contribution in [2.75, 3.05) is 26.2 Å². The lowest BCUT2D eigenvalue weighted by Gasteiger charge is -2.46. The van der Waals surface area contributed by atoms with Gasteiger partial charge in [0.15, 0.2) is 0 Å². The summed E-state index contributed by atoms with van der Waals surface area (Å²) in [5.74, 6) is 1.41. The van der Waals surface area contributed by atoms with E-state index in [4.69, 9.17) is 16.6 Å². The van der Waals surface area contributed by atoms with Gasteiger partial charge in [0.1, 0.15) is 5.82 Å². The number of benzene rings is 3. The lowest BCUT2D eigenvalue weighted by molar-refractivity contribution is -0.142. The molecular formula is C34H40ClN5O. The number of halogens is 1. The zero-order valence-electron chi connectivity index (χ0n) is 24.1. The molecule has 6 nitrogen and oxygen atoms in total.